The van der Waals surface area contributed by atoms with Crippen LogP contribution in [-0.4, -0.2) is 27.9 Å². The Bertz CT molecular complexity index is 396. The van der Waals surface area contributed by atoms with E-state index in [4.69, 9.17) is 20.8 Å². The Morgan fingerprint density at radius 3 is 2.25 bits per heavy atom. The van der Waals surface area contributed by atoms with Gasteiger partial charge < -0.3 is 19.1 Å². The van der Waals surface area contributed by atoms with E-state index in [9.17, 15) is 0 Å². The highest BCUT2D eigenvalue weighted by Gasteiger charge is 2.15. The van der Waals surface area contributed by atoms with Gasteiger partial charge in [-0.2, -0.15) is 0 Å². The lowest BCUT2D eigenvalue weighted by atomic mass is 10.1. The van der Waals surface area contributed by atoms with Gasteiger partial charge in [-0.1, -0.05) is 6.07 Å². The minimum Gasteiger partial charge on any atom is -0.493 e. The van der Waals surface area contributed by atoms with E-state index in [2.05, 4.69) is 4.85 Å². The summed E-state index contributed by atoms with van der Waals surface area (Å²) < 4.78 is 15.7. The second-order valence-corrected chi connectivity index (χ2v) is 3.13. The summed E-state index contributed by atoms with van der Waals surface area (Å²) in [6.07, 6.45) is 0.646. The predicted octanol–water partition coefficient (Wildman–Crippen LogP) is 2.17. The average molecular weight is 221 g/mol. The summed E-state index contributed by atoms with van der Waals surface area (Å²) in [7, 11) is 4.73. The monoisotopic (exact) mass is 221 g/mol. The Kier molecular flexibility index (Phi) is 4.46. The average Bonchev–Trinajstić information content (AvgIpc) is 2.34. The van der Waals surface area contributed by atoms with Crippen LogP contribution in [0, 0.1) is 6.57 Å². The van der Waals surface area contributed by atoms with Gasteiger partial charge in [0.25, 0.3) is 0 Å². The topological polar surface area (TPSA) is 32.0 Å². The smallest absolute Gasteiger partial charge is 0.218 e. The molecule has 0 saturated heterocycles. The summed E-state index contributed by atoms with van der Waals surface area (Å²) in [6.45, 7) is 7.22. The third kappa shape index (κ3) is 2.37. The lowest BCUT2D eigenvalue weighted by molar-refractivity contribution is 0.322. The Hall–Kier alpha value is -1.89. The lowest BCUT2D eigenvalue weighted by Crippen LogP contribution is -1.99. The fourth-order valence-corrected chi connectivity index (χ4v) is 1.54. The van der Waals surface area contributed by atoms with E-state index in [0.29, 0.717) is 30.2 Å². The SMILES string of the molecule is [C-]#[N+]CCc1ccc(OC)c(OC)c1OC. The molecule has 0 saturated carbocycles. The molecule has 1 aromatic carbocycles. The number of methoxy groups -OCH3 is 3. The summed E-state index contributed by atoms with van der Waals surface area (Å²) in [6, 6.07) is 3.71. The quantitative estimate of drug-likeness (QED) is 0.714. The maximum atomic E-state index is 6.78. The normalized spacial score (nSPS) is 9.38. The molecule has 0 amide bonds. The number of ether oxygens (including phenoxy) is 3. The Balaban J connectivity index is 3.16. The van der Waals surface area contributed by atoms with E-state index in [1.54, 1.807) is 21.3 Å². The zero-order chi connectivity index (χ0) is 12.0. The lowest BCUT2D eigenvalue weighted by Gasteiger charge is -2.14. The van der Waals surface area contributed by atoms with Crippen molar-refractivity contribution in [2.45, 2.75) is 6.42 Å². The summed E-state index contributed by atoms with van der Waals surface area (Å²) in [5, 5.41) is 0. The third-order valence-corrected chi connectivity index (χ3v) is 2.28. The molecule has 0 aliphatic rings. The Morgan fingerprint density at radius 1 is 1.06 bits per heavy atom. The van der Waals surface area contributed by atoms with E-state index in [1.165, 1.54) is 0 Å². The van der Waals surface area contributed by atoms with Crippen LogP contribution in [0.5, 0.6) is 17.2 Å². The van der Waals surface area contributed by atoms with E-state index in [0.717, 1.165) is 5.56 Å². The molecular weight excluding hydrogens is 206 g/mol. The maximum Gasteiger partial charge on any atom is 0.218 e. The molecule has 86 valence electrons. The molecular formula is C12H15NO3. The van der Waals surface area contributed by atoms with Crippen molar-refractivity contribution in [3.8, 4) is 17.2 Å². The van der Waals surface area contributed by atoms with Crippen molar-refractivity contribution in [2.75, 3.05) is 27.9 Å². The van der Waals surface area contributed by atoms with Crippen LogP contribution >= 0.6 is 0 Å². The van der Waals surface area contributed by atoms with Crippen molar-refractivity contribution < 1.29 is 14.2 Å². The highest BCUT2D eigenvalue weighted by molar-refractivity contribution is 5.55. The summed E-state index contributed by atoms with van der Waals surface area (Å²) in [5.41, 5.74) is 0.955. The first-order valence-corrected chi connectivity index (χ1v) is 4.89. The molecule has 0 fully saturated rings. The third-order valence-electron chi connectivity index (χ3n) is 2.28. The number of nitrogens with zero attached hydrogens (tertiary/aromatic N) is 1. The minimum absolute atomic E-state index is 0.436. The second kappa shape index (κ2) is 5.86. The fourth-order valence-electron chi connectivity index (χ4n) is 1.54. The molecule has 0 aliphatic carbocycles. The van der Waals surface area contributed by atoms with Crippen LogP contribution in [0.15, 0.2) is 12.1 Å². The van der Waals surface area contributed by atoms with Gasteiger partial charge in [-0.25, -0.2) is 6.57 Å². The highest BCUT2D eigenvalue weighted by atomic mass is 16.5. The molecule has 0 atom stereocenters. The van der Waals surface area contributed by atoms with E-state index < -0.39 is 0 Å². The summed E-state index contributed by atoms with van der Waals surface area (Å²) >= 11 is 0. The molecule has 4 heteroatoms. The molecule has 0 radical (unpaired) electrons. The first-order valence-electron chi connectivity index (χ1n) is 4.89. The minimum atomic E-state index is 0.436. The molecule has 0 aliphatic heterocycles. The second-order valence-electron chi connectivity index (χ2n) is 3.13. The number of benzene rings is 1. The van der Waals surface area contributed by atoms with Gasteiger partial charge in [-0.15, -0.1) is 0 Å². The number of hydrogen-bond acceptors (Lipinski definition) is 3. The molecule has 1 rings (SSSR count). The molecule has 0 bridgehead atoms. The Morgan fingerprint density at radius 2 is 1.75 bits per heavy atom. The van der Waals surface area contributed by atoms with Crippen LogP contribution in [0.25, 0.3) is 4.85 Å². The summed E-state index contributed by atoms with van der Waals surface area (Å²) in [4.78, 5) is 3.33. The van der Waals surface area contributed by atoms with Crippen molar-refractivity contribution >= 4 is 0 Å². The van der Waals surface area contributed by atoms with Crippen LogP contribution in [0.4, 0.5) is 0 Å². The van der Waals surface area contributed by atoms with Gasteiger partial charge in [0.1, 0.15) is 0 Å². The van der Waals surface area contributed by atoms with Crippen molar-refractivity contribution in [1.82, 2.24) is 0 Å². The van der Waals surface area contributed by atoms with Crippen molar-refractivity contribution in [1.29, 1.82) is 0 Å². The predicted molar refractivity (Wildman–Crippen MR) is 61.3 cm³/mol. The molecule has 0 spiro atoms. The fraction of sp³-hybridized carbons (Fsp3) is 0.417. The van der Waals surface area contributed by atoms with E-state index in [1.807, 2.05) is 12.1 Å². The molecule has 0 aromatic heterocycles. The van der Waals surface area contributed by atoms with Gasteiger partial charge in [0.15, 0.2) is 11.5 Å². The molecule has 0 unspecified atom stereocenters. The van der Waals surface area contributed by atoms with Crippen LogP contribution in [0.1, 0.15) is 5.56 Å². The number of hydrogen-bond donors (Lipinski definition) is 0. The zero-order valence-corrected chi connectivity index (χ0v) is 9.74. The molecule has 0 heterocycles. The Labute approximate surface area is 95.6 Å². The van der Waals surface area contributed by atoms with E-state index >= 15 is 0 Å². The van der Waals surface area contributed by atoms with Crippen molar-refractivity contribution in [3.05, 3.63) is 29.1 Å². The van der Waals surface area contributed by atoms with Gasteiger partial charge in [0, 0.05) is 12.0 Å². The summed E-state index contributed by atoms with van der Waals surface area (Å²) in [5.74, 6) is 1.85. The first kappa shape index (κ1) is 12.2. The van der Waals surface area contributed by atoms with Crippen LogP contribution in [-0.2, 0) is 6.42 Å². The molecule has 16 heavy (non-hydrogen) atoms. The largest absolute Gasteiger partial charge is 0.493 e. The zero-order valence-electron chi connectivity index (χ0n) is 9.74. The molecule has 1 aromatic rings. The van der Waals surface area contributed by atoms with Gasteiger partial charge >= 0.3 is 0 Å². The standard InChI is InChI=1S/C12H15NO3/c1-13-8-7-9-5-6-10(14-2)12(16-4)11(9)15-3/h5-6H,7-8H2,2-4H3. The van der Waals surface area contributed by atoms with Gasteiger partial charge in [-0.05, 0) is 6.07 Å². The highest BCUT2D eigenvalue weighted by Crippen LogP contribution is 2.39. The van der Waals surface area contributed by atoms with Crippen molar-refractivity contribution in [3.63, 3.8) is 0 Å². The van der Waals surface area contributed by atoms with Gasteiger partial charge in [0.2, 0.25) is 12.3 Å². The van der Waals surface area contributed by atoms with Crippen LogP contribution in [0.3, 0.4) is 0 Å². The first-order chi connectivity index (χ1) is 7.78. The molecule has 4 nitrogen and oxygen atoms in total. The van der Waals surface area contributed by atoms with Gasteiger partial charge in [-0.3, -0.25) is 0 Å². The van der Waals surface area contributed by atoms with Gasteiger partial charge in [0.05, 0.1) is 21.3 Å². The maximum absolute atomic E-state index is 6.78. The van der Waals surface area contributed by atoms with Crippen LogP contribution < -0.4 is 14.2 Å². The molecule has 0 N–H and O–H groups in total. The van der Waals surface area contributed by atoms with Crippen LogP contribution in [0.2, 0.25) is 0 Å². The number of rotatable bonds is 5. The van der Waals surface area contributed by atoms with E-state index in [-0.39, 0.29) is 0 Å². The van der Waals surface area contributed by atoms with Crippen molar-refractivity contribution in [2.24, 2.45) is 0 Å².